The number of Topliss-reactive ketones (excluding diaryl/α,β-unsaturated/α-hetero) is 1. The van der Waals surface area contributed by atoms with Gasteiger partial charge in [-0.15, -0.1) is 11.6 Å². The Morgan fingerprint density at radius 3 is 2.41 bits per heavy atom. The number of ketones is 1. The fourth-order valence-electron chi connectivity index (χ4n) is 3.05. The molecule has 0 saturated heterocycles. The minimum atomic E-state index is -4.69. The summed E-state index contributed by atoms with van der Waals surface area (Å²) >= 11 is 6.57. The number of allylic oxidation sites excluding steroid dienone is 3. The second kappa shape index (κ2) is 7.26. The van der Waals surface area contributed by atoms with Gasteiger partial charge in [-0.3, -0.25) is 14.3 Å². The maximum atomic E-state index is 12.9. The average Bonchev–Trinajstić information content (AvgIpc) is 2.61. The van der Waals surface area contributed by atoms with E-state index in [0.717, 1.165) is 0 Å². The molecule has 3 rings (SSSR count). The number of nitrogens with zero attached hydrogens (tertiary/aromatic N) is 1. The summed E-state index contributed by atoms with van der Waals surface area (Å²) in [6.07, 6.45) is 6.05. The first-order valence-electron chi connectivity index (χ1n) is 8.07. The van der Waals surface area contributed by atoms with Crippen LogP contribution in [0.4, 0.5) is 5.69 Å². The smallest absolute Gasteiger partial charge is 0.294 e. The van der Waals surface area contributed by atoms with Crippen molar-refractivity contribution in [3.05, 3.63) is 83.2 Å². The number of carbonyl (C=O) groups is 1. The van der Waals surface area contributed by atoms with Crippen LogP contribution < -0.4 is 5.32 Å². The zero-order chi connectivity index (χ0) is 19.7. The fraction of sp³-hybridized carbons (Fsp3) is 0.158. The Balaban J connectivity index is 2.06. The molecule has 27 heavy (non-hydrogen) atoms. The molecular formula is C19H17ClN2O4S. The summed E-state index contributed by atoms with van der Waals surface area (Å²) in [6, 6.07) is 11.7. The van der Waals surface area contributed by atoms with E-state index in [1.807, 2.05) is 0 Å². The molecule has 1 aromatic heterocycles. The quantitative estimate of drug-likeness (QED) is 0.448. The van der Waals surface area contributed by atoms with Gasteiger partial charge in [0.25, 0.3) is 10.1 Å². The number of hydrogen-bond donors (Lipinski definition) is 2. The molecule has 0 amide bonds. The summed E-state index contributed by atoms with van der Waals surface area (Å²) in [5.74, 6) is -1.31. The molecule has 1 aliphatic carbocycles. The molecule has 1 aliphatic rings. The number of alkyl halides is 1. The maximum Gasteiger partial charge on any atom is 0.294 e. The SMILES string of the molecule is CC1(Cl)C(S(=O)(=O)O)=C(Nc2ccncc2)C=CC1C(=O)c1ccccc1. The normalized spacial score (nSPS) is 22.6. The average molecular weight is 405 g/mol. The standard InChI is InChI=1S/C19H17ClN2O4S/c1-19(20)15(17(23)13-5-3-2-4-6-13)7-8-16(18(19)27(24,25)26)22-14-9-11-21-12-10-14/h2-12,15H,1H3,(H,21,22)(H,24,25,26). The number of carbonyl (C=O) groups excluding carboxylic acids is 1. The number of pyridine rings is 1. The number of anilines is 1. The second-order valence-electron chi connectivity index (χ2n) is 6.22. The molecule has 0 spiro atoms. The minimum Gasteiger partial charge on any atom is -0.355 e. The molecule has 0 fully saturated rings. The van der Waals surface area contributed by atoms with E-state index in [1.54, 1.807) is 48.5 Å². The Morgan fingerprint density at radius 2 is 1.81 bits per heavy atom. The summed E-state index contributed by atoms with van der Waals surface area (Å²) in [4.78, 5) is 14.7. The van der Waals surface area contributed by atoms with E-state index >= 15 is 0 Å². The van der Waals surface area contributed by atoms with E-state index < -0.39 is 25.8 Å². The van der Waals surface area contributed by atoms with Gasteiger partial charge in [-0.2, -0.15) is 8.42 Å². The molecule has 140 valence electrons. The highest BCUT2D eigenvalue weighted by Crippen LogP contribution is 2.43. The van der Waals surface area contributed by atoms with Crippen molar-refractivity contribution in [2.24, 2.45) is 5.92 Å². The Labute approximate surface area is 162 Å². The van der Waals surface area contributed by atoms with Crippen molar-refractivity contribution in [2.75, 3.05) is 5.32 Å². The molecular weight excluding hydrogens is 388 g/mol. The van der Waals surface area contributed by atoms with E-state index in [4.69, 9.17) is 11.6 Å². The van der Waals surface area contributed by atoms with Gasteiger partial charge >= 0.3 is 0 Å². The Bertz CT molecular complexity index is 1020. The van der Waals surface area contributed by atoms with Crippen LogP contribution in [-0.2, 0) is 10.1 Å². The van der Waals surface area contributed by atoms with Gasteiger partial charge in [-0.25, -0.2) is 0 Å². The van der Waals surface area contributed by atoms with Gasteiger partial charge < -0.3 is 5.32 Å². The van der Waals surface area contributed by atoms with Crippen LogP contribution in [0.5, 0.6) is 0 Å². The van der Waals surface area contributed by atoms with Crippen molar-refractivity contribution >= 4 is 33.2 Å². The first-order chi connectivity index (χ1) is 12.7. The summed E-state index contributed by atoms with van der Waals surface area (Å²) in [6.45, 7) is 1.40. The van der Waals surface area contributed by atoms with Crippen LogP contribution in [0.25, 0.3) is 0 Å². The molecule has 8 heteroatoms. The lowest BCUT2D eigenvalue weighted by Crippen LogP contribution is -2.41. The van der Waals surface area contributed by atoms with Crippen molar-refractivity contribution in [3.63, 3.8) is 0 Å². The number of hydrogen-bond acceptors (Lipinski definition) is 5. The number of nitrogens with one attached hydrogen (secondary N) is 1. The van der Waals surface area contributed by atoms with Crippen LogP contribution in [0, 0.1) is 5.92 Å². The number of aromatic nitrogens is 1. The van der Waals surface area contributed by atoms with E-state index in [-0.39, 0.29) is 11.5 Å². The molecule has 2 atom stereocenters. The number of benzene rings is 1. The lowest BCUT2D eigenvalue weighted by Gasteiger charge is -2.34. The third kappa shape index (κ3) is 3.95. The van der Waals surface area contributed by atoms with Crippen molar-refractivity contribution in [2.45, 2.75) is 11.8 Å². The van der Waals surface area contributed by atoms with Gasteiger partial charge in [0.15, 0.2) is 5.78 Å². The third-order valence-corrected chi connectivity index (χ3v) is 5.98. The number of rotatable bonds is 5. The Morgan fingerprint density at radius 1 is 1.19 bits per heavy atom. The minimum absolute atomic E-state index is 0.0957. The van der Waals surface area contributed by atoms with Crippen LogP contribution in [0.2, 0.25) is 0 Å². The first-order valence-corrected chi connectivity index (χ1v) is 9.88. The first kappa shape index (κ1) is 19.3. The molecule has 0 bridgehead atoms. The van der Waals surface area contributed by atoms with E-state index in [2.05, 4.69) is 10.3 Å². The Kier molecular flexibility index (Phi) is 5.19. The van der Waals surface area contributed by atoms with Crippen LogP contribution in [0.1, 0.15) is 17.3 Å². The zero-order valence-electron chi connectivity index (χ0n) is 14.3. The molecule has 2 aromatic rings. The summed E-state index contributed by atoms with van der Waals surface area (Å²) in [5.41, 5.74) is 1.06. The van der Waals surface area contributed by atoms with Crippen LogP contribution in [0.15, 0.2) is 77.6 Å². The molecule has 6 nitrogen and oxygen atoms in total. The zero-order valence-corrected chi connectivity index (χ0v) is 15.9. The molecule has 1 aromatic carbocycles. The van der Waals surface area contributed by atoms with Crippen molar-refractivity contribution in [1.82, 2.24) is 4.98 Å². The molecule has 0 saturated carbocycles. The van der Waals surface area contributed by atoms with E-state index in [1.165, 1.54) is 25.4 Å². The van der Waals surface area contributed by atoms with Crippen LogP contribution in [0.3, 0.4) is 0 Å². The van der Waals surface area contributed by atoms with E-state index in [0.29, 0.717) is 11.3 Å². The molecule has 2 N–H and O–H groups in total. The Hall–Kier alpha value is -2.48. The lowest BCUT2D eigenvalue weighted by molar-refractivity contribution is 0.0931. The van der Waals surface area contributed by atoms with Crippen molar-refractivity contribution in [1.29, 1.82) is 0 Å². The molecule has 0 radical (unpaired) electrons. The largest absolute Gasteiger partial charge is 0.355 e. The second-order valence-corrected chi connectivity index (χ2v) is 8.36. The molecule has 2 unspecified atom stereocenters. The van der Waals surface area contributed by atoms with Gasteiger partial charge in [-0.05, 0) is 25.1 Å². The molecule has 0 aliphatic heterocycles. The lowest BCUT2D eigenvalue weighted by atomic mass is 9.82. The predicted octanol–water partition coefficient (Wildman–Crippen LogP) is 3.66. The highest BCUT2D eigenvalue weighted by atomic mass is 35.5. The topological polar surface area (TPSA) is 96.4 Å². The van der Waals surface area contributed by atoms with Gasteiger partial charge in [0.1, 0.15) is 4.91 Å². The van der Waals surface area contributed by atoms with Gasteiger partial charge in [0.05, 0.1) is 16.5 Å². The van der Waals surface area contributed by atoms with Crippen molar-refractivity contribution in [3.8, 4) is 0 Å². The van der Waals surface area contributed by atoms with Gasteiger partial charge in [0, 0.05) is 23.6 Å². The monoisotopic (exact) mass is 404 g/mol. The molecule has 1 heterocycles. The maximum absolute atomic E-state index is 12.9. The highest BCUT2D eigenvalue weighted by Gasteiger charge is 2.47. The van der Waals surface area contributed by atoms with Crippen molar-refractivity contribution < 1.29 is 17.8 Å². The third-order valence-electron chi connectivity index (χ3n) is 4.29. The van der Waals surface area contributed by atoms with Gasteiger partial charge in [-0.1, -0.05) is 36.4 Å². The fourth-order valence-corrected chi connectivity index (χ4v) is 4.64. The number of halogens is 1. The summed E-state index contributed by atoms with van der Waals surface area (Å²) < 4.78 is 34.1. The predicted molar refractivity (Wildman–Crippen MR) is 104 cm³/mol. The van der Waals surface area contributed by atoms with Crippen LogP contribution >= 0.6 is 11.6 Å². The van der Waals surface area contributed by atoms with Crippen LogP contribution in [-0.4, -0.2) is 28.6 Å². The van der Waals surface area contributed by atoms with Gasteiger partial charge in [0.2, 0.25) is 0 Å². The summed E-state index contributed by atoms with van der Waals surface area (Å²) in [5, 5.41) is 2.91. The highest BCUT2D eigenvalue weighted by molar-refractivity contribution is 7.90. The van der Waals surface area contributed by atoms with E-state index in [9.17, 15) is 17.8 Å². The summed E-state index contributed by atoms with van der Waals surface area (Å²) in [7, 11) is -4.69.